The SMILES string of the molecule is CCOc1ccc(C(C)NC(=O)CCNC(=O)c2ccccc2C)cc1. The lowest BCUT2D eigenvalue weighted by molar-refractivity contribution is -0.121. The number of nitrogens with one attached hydrogen (secondary N) is 2. The van der Waals surface area contributed by atoms with Gasteiger partial charge in [-0.05, 0) is 50.1 Å². The standard InChI is InChI=1S/C21H26N2O3/c1-4-26-18-11-9-17(10-12-18)16(3)23-20(24)13-14-22-21(25)19-8-6-5-7-15(19)2/h5-12,16H,4,13-14H2,1-3H3,(H,22,25)(H,23,24). The zero-order valence-electron chi connectivity index (χ0n) is 15.5. The number of amides is 2. The van der Waals surface area contributed by atoms with E-state index in [1.807, 2.05) is 63.2 Å². The Bertz CT molecular complexity index is 741. The van der Waals surface area contributed by atoms with E-state index in [0.717, 1.165) is 16.9 Å². The van der Waals surface area contributed by atoms with Gasteiger partial charge in [0.2, 0.25) is 5.91 Å². The molecule has 0 radical (unpaired) electrons. The van der Waals surface area contributed by atoms with Crippen molar-refractivity contribution in [2.45, 2.75) is 33.2 Å². The van der Waals surface area contributed by atoms with E-state index in [4.69, 9.17) is 4.74 Å². The lowest BCUT2D eigenvalue weighted by Crippen LogP contribution is -2.32. The Labute approximate surface area is 154 Å². The predicted octanol–water partition coefficient (Wildman–Crippen LogP) is 3.39. The van der Waals surface area contributed by atoms with Gasteiger partial charge >= 0.3 is 0 Å². The van der Waals surface area contributed by atoms with Crippen molar-refractivity contribution in [3.8, 4) is 5.75 Å². The molecule has 1 atom stereocenters. The maximum atomic E-state index is 12.1. The second-order valence-corrected chi connectivity index (χ2v) is 6.11. The second-order valence-electron chi connectivity index (χ2n) is 6.11. The molecule has 2 rings (SSSR count). The van der Waals surface area contributed by atoms with Crippen molar-refractivity contribution in [1.29, 1.82) is 0 Å². The summed E-state index contributed by atoms with van der Waals surface area (Å²) in [7, 11) is 0. The van der Waals surface area contributed by atoms with E-state index in [0.29, 0.717) is 18.7 Å². The Balaban J connectivity index is 1.77. The van der Waals surface area contributed by atoms with Crippen LogP contribution in [0.15, 0.2) is 48.5 Å². The molecule has 2 aromatic rings. The van der Waals surface area contributed by atoms with E-state index in [1.165, 1.54) is 0 Å². The minimum absolute atomic E-state index is 0.100. The lowest BCUT2D eigenvalue weighted by atomic mass is 10.1. The van der Waals surface area contributed by atoms with Gasteiger partial charge in [-0.2, -0.15) is 0 Å². The van der Waals surface area contributed by atoms with Crippen molar-refractivity contribution < 1.29 is 14.3 Å². The molecule has 2 N–H and O–H groups in total. The molecule has 2 aromatic carbocycles. The molecular formula is C21H26N2O3. The topological polar surface area (TPSA) is 67.4 Å². The van der Waals surface area contributed by atoms with Gasteiger partial charge in [0.05, 0.1) is 12.6 Å². The van der Waals surface area contributed by atoms with Crippen LogP contribution in [-0.2, 0) is 4.79 Å². The number of hydrogen-bond donors (Lipinski definition) is 2. The van der Waals surface area contributed by atoms with Crippen LogP contribution in [0.3, 0.4) is 0 Å². The summed E-state index contributed by atoms with van der Waals surface area (Å²) in [6, 6.07) is 14.9. The summed E-state index contributed by atoms with van der Waals surface area (Å²) < 4.78 is 5.41. The van der Waals surface area contributed by atoms with E-state index in [1.54, 1.807) is 6.07 Å². The van der Waals surface area contributed by atoms with E-state index >= 15 is 0 Å². The Morgan fingerprint density at radius 3 is 2.42 bits per heavy atom. The summed E-state index contributed by atoms with van der Waals surface area (Å²) in [6.45, 7) is 6.68. The van der Waals surface area contributed by atoms with Gasteiger partial charge in [-0.1, -0.05) is 30.3 Å². The molecule has 1 unspecified atom stereocenters. The highest BCUT2D eigenvalue weighted by Crippen LogP contribution is 2.17. The highest BCUT2D eigenvalue weighted by molar-refractivity contribution is 5.95. The molecule has 0 aromatic heterocycles. The molecule has 2 amide bonds. The fourth-order valence-corrected chi connectivity index (χ4v) is 2.63. The number of ether oxygens (including phenoxy) is 1. The first-order chi connectivity index (χ1) is 12.5. The summed E-state index contributed by atoms with van der Waals surface area (Å²) in [5.41, 5.74) is 2.56. The molecule has 0 spiro atoms. The van der Waals surface area contributed by atoms with Gasteiger partial charge in [-0.15, -0.1) is 0 Å². The Morgan fingerprint density at radius 1 is 1.08 bits per heavy atom. The third-order valence-corrected chi connectivity index (χ3v) is 4.10. The molecule has 5 nitrogen and oxygen atoms in total. The first-order valence-corrected chi connectivity index (χ1v) is 8.87. The summed E-state index contributed by atoms with van der Waals surface area (Å²) in [4.78, 5) is 24.2. The number of carbonyl (C=O) groups excluding carboxylic acids is 2. The van der Waals surface area contributed by atoms with Crippen LogP contribution in [0.5, 0.6) is 5.75 Å². The van der Waals surface area contributed by atoms with Crippen molar-refractivity contribution in [1.82, 2.24) is 10.6 Å². The van der Waals surface area contributed by atoms with E-state index in [-0.39, 0.29) is 24.3 Å². The predicted molar refractivity (Wildman–Crippen MR) is 102 cm³/mol. The minimum Gasteiger partial charge on any atom is -0.494 e. The van der Waals surface area contributed by atoms with Gasteiger partial charge < -0.3 is 15.4 Å². The first kappa shape index (κ1) is 19.5. The lowest BCUT2D eigenvalue weighted by Gasteiger charge is -2.15. The average Bonchev–Trinajstić information content (AvgIpc) is 2.62. The van der Waals surface area contributed by atoms with Crippen molar-refractivity contribution in [2.75, 3.05) is 13.2 Å². The first-order valence-electron chi connectivity index (χ1n) is 8.87. The van der Waals surface area contributed by atoms with E-state index in [2.05, 4.69) is 10.6 Å². The van der Waals surface area contributed by atoms with E-state index in [9.17, 15) is 9.59 Å². The molecule has 0 saturated heterocycles. The maximum Gasteiger partial charge on any atom is 0.251 e. The van der Waals surface area contributed by atoms with Crippen molar-refractivity contribution in [3.63, 3.8) is 0 Å². The van der Waals surface area contributed by atoms with Gasteiger partial charge in [0.1, 0.15) is 5.75 Å². The third kappa shape index (κ3) is 5.62. The summed E-state index contributed by atoms with van der Waals surface area (Å²) in [6.07, 6.45) is 0.235. The Morgan fingerprint density at radius 2 is 1.77 bits per heavy atom. The van der Waals surface area contributed by atoms with Crippen molar-refractivity contribution in [2.24, 2.45) is 0 Å². The quantitative estimate of drug-likeness (QED) is 0.763. The minimum atomic E-state index is -0.157. The van der Waals surface area contributed by atoms with Gasteiger partial charge in [-0.25, -0.2) is 0 Å². The van der Waals surface area contributed by atoms with Crippen LogP contribution in [-0.4, -0.2) is 25.0 Å². The van der Waals surface area contributed by atoms with Gasteiger partial charge in [0.25, 0.3) is 5.91 Å². The molecule has 138 valence electrons. The van der Waals surface area contributed by atoms with Gasteiger partial charge in [0.15, 0.2) is 0 Å². The zero-order chi connectivity index (χ0) is 18.9. The van der Waals surface area contributed by atoms with Crippen LogP contribution in [0.1, 0.15) is 47.8 Å². The van der Waals surface area contributed by atoms with Crippen LogP contribution < -0.4 is 15.4 Å². The van der Waals surface area contributed by atoms with Crippen molar-refractivity contribution in [3.05, 3.63) is 65.2 Å². The molecule has 0 aliphatic carbocycles. The maximum absolute atomic E-state index is 12.1. The van der Waals surface area contributed by atoms with Crippen LogP contribution in [0.2, 0.25) is 0 Å². The van der Waals surface area contributed by atoms with Crippen LogP contribution in [0, 0.1) is 6.92 Å². The molecule has 26 heavy (non-hydrogen) atoms. The van der Waals surface area contributed by atoms with Gasteiger partial charge in [-0.3, -0.25) is 9.59 Å². The smallest absolute Gasteiger partial charge is 0.251 e. The second kappa shape index (κ2) is 9.61. The molecule has 0 fully saturated rings. The third-order valence-electron chi connectivity index (χ3n) is 4.10. The molecule has 0 saturated carbocycles. The average molecular weight is 354 g/mol. The molecule has 0 heterocycles. The van der Waals surface area contributed by atoms with Crippen LogP contribution >= 0.6 is 0 Å². The van der Waals surface area contributed by atoms with Crippen molar-refractivity contribution >= 4 is 11.8 Å². The highest BCUT2D eigenvalue weighted by atomic mass is 16.5. The monoisotopic (exact) mass is 354 g/mol. The number of rotatable bonds is 8. The number of benzene rings is 2. The van der Waals surface area contributed by atoms with Crippen LogP contribution in [0.4, 0.5) is 0 Å². The Kier molecular flexibility index (Phi) is 7.21. The molecular weight excluding hydrogens is 328 g/mol. The molecule has 5 heteroatoms. The number of carbonyl (C=O) groups is 2. The fourth-order valence-electron chi connectivity index (χ4n) is 2.63. The van der Waals surface area contributed by atoms with Crippen LogP contribution in [0.25, 0.3) is 0 Å². The normalized spacial score (nSPS) is 11.5. The summed E-state index contributed by atoms with van der Waals surface area (Å²) in [5, 5.41) is 5.73. The molecule has 0 aliphatic rings. The number of hydrogen-bond acceptors (Lipinski definition) is 3. The fraction of sp³-hybridized carbons (Fsp3) is 0.333. The summed E-state index contributed by atoms with van der Waals surface area (Å²) in [5.74, 6) is 0.556. The summed E-state index contributed by atoms with van der Waals surface area (Å²) >= 11 is 0. The molecule has 0 bridgehead atoms. The largest absolute Gasteiger partial charge is 0.494 e. The highest BCUT2D eigenvalue weighted by Gasteiger charge is 2.11. The van der Waals surface area contributed by atoms with E-state index < -0.39 is 0 Å². The van der Waals surface area contributed by atoms with Gasteiger partial charge in [0, 0.05) is 18.5 Å². The number of aryl methyl sites for hydroxylation is 1. The zero-order valence-corrected chi connectivity index (χ0v) is 15.5. The molecule has 0 aliphatic heterocycles. The Hall–Kier alpha value is -2.82.